The number of rotatable bonds is 9. The van der Waals surface area contributed by atoms with Gasteiger partial charge in [0.25, 0.3) is 0 Å². The first-order valence-corrected chi connectivity index (χ1v) is 9.68. The quantitative estimate of drug-likeness (QED) is 0.746. The highest BCUT2D eigenvalue weighted by molar-refractivity contribution is 7.89. The van der Waals surface area contributed by atoms with E-state index in [1.165, 1.54) is 4.31 Å². The van der Waals surface area contributed by atoms with Gasteiger partial charge >= 0.3 is 0 Å². The molecule has 0 aliphatic rings. The van der Waals surface area contributed by atoms with Crippen molar-refractivity contribution in [2.45, 2.75) is 45.6 Å². The summed E-state index contributed by atoms with van der Waals surface area (Å²) in [6.45, 7) is 12.1. The van der Waals surface area contributed by atoms with E-state index in [2.05, 4.69) is 4.90 Å². The maximum atomic E-state index is 12.9. The van der Waals surface area contributed by atoms with E-state index in [1.807, 2.05) is 32.9 Å². The van der Waals surface area contributed by atoms with Crippen molar-refractivity contribution in [2.24, 2.45) is 0 Å². The molecule has 1 aromatic carbocycles. The van der Waals surface area contributed by atoms with Crippen LogP contribution in [0.1, 0.15) is 31.9 Å². The largest absolute Gasteiger partial charge is 0.390 e. The van der Waals surface area contributed by atoms with Crippen LogP contribution in [-0.2, 0) is 10.0 Å². The number of nitrogens with zero attached hydrogens (tertiary/aromatic N) is 2. The van der Waals surface area contributed by atoms with Crippen LogP contribution in [0.5, 0.6) is 0 Å². The second kappa shape index (κ2) is 8.78. The fourth-order valence-electron chi connectivity index (χ4n) is 2.59. The zero-order valence-electron chi connectivity index (χ0n) is 14.9. The molecular weight excluding hydrogens is 312 g/mol. The molecule has 0 aliphatic heterocycles. The average Bonchev–Trinajstić information content (AvgIpc) is 2.52. The molecule has 0 radical (unpaired) electrons. The standard InChI is InChI=1S/C17H30N2O3S/c1-6-18(7-2)12-16(20)13-19(8-3)23(21,22)17-11-14(4)9-10-15(17)5/h9-11,16,20H,6-8,12-13H2,1-5H3. The predicted octanol–water partition coefficient (Wildman–Crippen LogP) is 2.02. The second-order valence-corrected chi connectivity index (χ2v) is 7.77. The van der Waals surface area contributed by atoms with Crippen LogP contribution in [0.15, 0.2) is 23.1 Å². The highest BCUT2D eigenvalue weighted by Gasteiger charge is 2.27. The van der Waals surface area contributed by atoms with Crippen LogP contribution in [0.4, 0.5) is 0 Å². The number of hydrogen-bond acceptors (Lipinski definition) is 4. The topological polar surface area (TPSA) is 60.9 Å². The summed E-state index contributed by atoms with van der Waals surface area (Å²) in [7, 11) is -3.59. The van der Waals surface area contributed by atoms with E-state index in [0.29, 0.717) is 18.0 Å². The van der Waals surface area contributed by atoms with Crippen LogP contribution in [0.2, 0.25) is 0 Å². The molecular formula is C17H30N2O3S. The zero-order valence-corrected chi connectivity index (χ0v) is 15.7. The lowest BCUT2D eigenvalue weighted by molar-refractivity contribution is 0.100. The monoisotopic (exact) mass is 342 g/mol. The molecule has 0 amide bonds. The van der Waals surface area contributed by atoms with Crippen molar-refractivity contribution in [1.82, 2.24) is 9.21 Å². The van der Waals surface area contributed by atoms with Gasteiger partial charge < -0.3 is 10.0 Å². The Hall–Kier alpha value is -0.950. The van der Waals surface area contributed by atoms with Crippen LogP contribution in [0.3, 0.4) is 0 Å². The molecule has 1 atom stereocenters. The Labute approximate surface area is 141 Å². The van der Waals surface area contributed by atoms with Crippen molar-refractivity contribution >= 4 is 10.0 Å². The molecule has 6 heteroatoms. The first-order valence-electron chi connectivity index (χ1n) is 8.24. The van der Waals surface area contributed by atoms with Gasteiger partial charge in [0.05, 0.1) is 11.0 Å². The molecule has 0 aromatic heterocycles. The lowest BCUT2D eigenvalue weighted by Gasteiger charge is -2.27. The maximum Gasteiger partial charge on any atom is 0.243 e. The minimum absolute atomic E-state index is 0.114. The normalized spacial score (nSPS) is 13.7. The first-order chi connectivity index (χ1) is 10.8. The number of hydrogen-bond donors (Lipinski definition) is 1. The fraction of sp³-hybridized carbons (Fsp3) is 0.647. The minimum Gasteiger partial charge on any atom is -0.390 e. The Morgan fingerprint density at radius 2 is 1.65 bits per heavy atom. The van der Waals surface area contributed by atoms with E-state index in [0.717, 1.165) is 24.2 Å². The van der Waals surface area contributed by atoms with Gasteiger partial charge in [-0.25, -0.2) is 8.42 Å². The van der Waals surface area contributed by atoms with Gasteiger partial charge in [0.2, 0.25) is 10.0 Å². The Morgan fingerprint density at radius 1 is 1.04 bits per heavy atom. The molecule has 0 saturated carbocycles. The molecule has 0 spiro atoms. The number of aryl methyl sites for hydroxylation is 2. The molecule has 1 N–H and O–H groups in total. The van der Waals surface area contributed by atoms with Crippen molar-refractivity contribution < 1.29 is 13.5 Å². The number of sulfonamides is 1. The third-order valence-electron chi connectivity index (χ3n) is 4.09. The lowest BCUT2D eigenvalue weighted by atomic mass is 10.2. The molecule has 0 saturated heterocycles. The van der Waals surface area contributed by atoms with Crippen LogP contribution < -0.4 is 0 Å². The van der Waals surface area contributed by atoms with Gasteiger partial charge in [-0.2, -0.15) is 4.31 Å². The summed E-state index contributed by atoms with van der Waals surface area (Å²) < 4.78 is 27.2. The molecule has 0 bridgehead atoms. The Kier molecular flexibility index (Phi) is 7.67. The van der Waals surface area contributed by atoms with Crippen molar-refractivity contribution in [3.05, 3.63) is 29.3 Å². The summed E-state index contributed by atoms with van der Waals surface area (Å²) in [6, 6.07) is 5.42. The Balaban J connectivity index is 2.97. The summed E-state index contributed by atoms with van der Waals surface area (Å²) in [5.41, 5.74) is 1.64. The summed E-state index contributed by atoms with van der Waals surface area (Å²) in [5, 5.41) is 10.3. The first kappa shape index (κ1) is 20.1. The molecule has 0 fully saturated rings. The fourth-order valence-corrected chi connectivity index (χ4v) is 4.39. The summed E-state index contributed by atoms with van der Waals surface area (Å²) in [6.07, 6.45) is -0.699. The van der Waals surface area contributed by atoms with Gasteiger partial charge in [-0.3, -0.25) is 0 Å². The third kappa shape index (κ3) is 5.28. The summed E-state index contributed by atoms with van der Waals surface area (Å²) in [5.74, 6) is 0. The Morgan fingerprint density at radius 3 is 2.17 bits per heavy atom. The summed E-state index contributed by atoms with van der Waals surface area (Å²) in [4.78, 5) is 2.41. The zero-order chi connectivity index (χ0) is 17.6. The van der Waals surface area contributed by atoms with E-state index in [4.69, 9.17) is 0 Å². The third-order valence-corrected chi connectivity index (χ3v) is 6.17. The predicted molar refractivity (Wildman–Crippen MR) is 94.1 cm³/mol. The maximum absolute atomic E-state index is 12.9. The molecule has 1 rings (SSSR count). The molecule has 0 heterocycles. The SMILES string of the molecule is CCN(CC)CC(O)CN(CC)S(=O)(=O)c1cc(C)ccc1C. The van der Waals surface area contributed by atoms with E-state index in [9.17, 15) is 13.5 Å². The number of aliphatic hydroxyl groups excluding tert-OH is 1. The molecule has 1 unspecified atom stereocenters. The van der Waals surface area contributed by atoms with Gasteiger partial charge in [-0.1, -0.05) is 32.9 Å². The van der Waals surface area contributed by atoms with Gasteiger partial charge in [0, 0.05) is 19.6 Å². The molecule has 1 aromatic rings. The van der Waals surface area contributed by atoms with Gasteiger partial charge in [0.15, 0.2) is 0 Å². The molecule has 23 heavy (non-hydrogen) atoms. The number of likely N-dealkylation sites (N-methyl/N-ethyl adjacent to an activating group) is 2. The second-order valence-electron chi connectivity index (χ2n) is 5.86. The van der Waals surface area contributed by atoms with E-state index in [-0.39, 0.29) is 6.54 Å². The smallest absolute Gasteiger partial charge is 0.243 e. The van der Waals surface area contributed by atoms with E-state index < -0.39 is 16.1 Å². The molecule has 0 aliphatic carbocycles. The highest BCUT2D eigenvalue weighted by atomic mass is 32.2. The highest BCUT2D eigenvalue weighted by Crippen LogP contribution is 2.21. The minimum atomic E-state index is -3.59. The van der Waals surface area contributed by atoms with Crippen LogP contribution in [0.25, 0.3) is 0 Å². The van der Waals surface area contributed by atoms with Gasteiger partial charge in [-0.15, -0.1) is 0 Å². The van der Waals surface area contributed by atoms with Crippen molar-refractivity contribution in [3.8, 4) is 0 Å². The number of aliphatic hydroxyl groups is 1. The van der Waals surface area contributed by atoms with Crippen molar-refractivity contribution in [3.63, 3.8) is 0 Å². The average molecular weight is 343 g/mol. The van der Waals surface area contributed by atoms with Crippen LogP contribution in [0, 0.1) is 13.8 Å². The Bertz CT molecular complexity index is 598. The van der Waals surface area contributed by atoms with Crippen LogP contribution in [-0.4, -0.2) is 61.6 Å². The lowest BCUT2D eigenvalue weighted by Crippen LogP contribution is -2.42. The number of benzene rings is 1. The molecule has 132 valence electrons. The van der Waals surface area contributed by atoms with Gasteiger partial charge in [-0.05, 0) is 44.1 Å². The van der Waals surface area contributed by atoms with E-state index >= 15 is 0 Å². The van der Waals surface area contributed by atoms with Crippen molar-refractivity contribution in [2.75, 3.05) is 32.7 Å². The van der Waals surface area contributed by atoms with Crippen LogP contribution >= 0.6 is 0 Å². The van der Waals surface area contributed by atoms with Gasteiger partial charge in [0.1, 0.15) is 0 Å². The van der Waals surface area contributed by atoms with Crippen molar-refractivity contribution in [1.29, 1.82) is 0 Å². The summed E-state index contributed by atoms with van der Waals surface area (Å²) >= 11 is 0. The van der Waals surface area contributed by atoms with E-state index in [1.54, 1.807) is 19.9 Å². The molecule has 5 nitrogen and oxygen atoms in total.